The van der Waals surface area contributed by atoms with E-state index in [4.69, 9.17) is 28.4 Å². The van der Waals surface area contributed by atoms with Crippen LogP contribution in [-0.4, -0.2) is 51.8 Å². The van der Waals surface area contributed by atoms with Gasteiger partial charge in [0.1, 0.15) is 0 Å². The third-order valence-corrected chi connectivity index (χ3v) is 8.16. The van der Waals surface area contributed by atoms with Crippen molar-refractivity contribution in [1.29, 1.82) is 0 Å². The summed E-state index contributed by atoms with van der Waals surface area (Å²) >= 11 is 0. The van der Waals surface area contributed by atoms with Crippen LogP contribution in [0.25, 0.3) is 0 Å². The zero-order valence-electron chi connectivity index (χ0n) is 22.2. The van der Waals surface area contributed by atoms with E-state index < -0.39 is 11.9 Å². The van der Waals surface area contributed by atoms with Crippen LogP contribution in [0.5, 0.6) is 28.7 Å². The Kier molecular flexibility index (Phi) is 7.27. The maximum absolute atomic E-state index is 13.4. The number of aliphatic carboxylic acids is 1. The lowest BCUT2D eigenvalue weighted by atomic mass is 9.59. The SMILES string of the molecule is CCCCC(CC(=O)O)[C@H]1c2cc3c(cc2[C@@H](c2cc(OC)c(OC)c(OC)c2)[C@@H]2C(=O)OC[C@@H]21)OCO3. The predicted octanol–water partition coefficient (Wildman–Crippen LogP) is 4.74. The molecule has 9 heteroatoms. The molecule has 0 radical (unpaired) electrons. The van der Waals surface area contributed by atoms with Gasteiger partial charge in [0.2, 0.25) is 12.5 Å². The van der Waals surface area contributed by atoms with Crippen LogP contribution in [0.2, 0.25) is 0 Å². The summed E-state index contributed by atoms with van der Waals surface area (Å²) in [6.07, 6.45) is 2.61. The van der Waals surface area contributed by atoms with Gasteiger partial charge in [-0.05, 0) is 59.2 Å². The second-order valence-electron chi connectivity index (χ2n) is 10.1. The van der Waals surface area contributed by atoms with Crippen LogP contribution in [-0.2, 0) is 14.3 Å². The van der Waals surface area contributed by atoms with Gasteiger partial charge in [-0.2, -0.15) is 0 Å². The molecule has 5 rings (SSSR count). The van der Waals surface area contributed by atoms with Crippen molar-refractivity contribution < 1.29 is 43.1 Å². The minimum absolute atomic E-state index is 0.0187. The zero-order valence-corrected chi connectivity index (χ0v) is 22.2. The summed E-state index contributed by atoms with van der Waals surface area (Å²) in [6, 6.07) is 7.66. The van der Waals surface area contributed by atoms with Gasteiger partial charge < -0.3 is 33.5 Å². The van der Waals surface area contributed by atoms with Crippen molar-refractivity contribution >= 4 is 11.9 Å². The summed E-state index contributed by atoms with van der Waals surface area (Å²) in [5.41, 5.74) is 2.70. The van der Waals surface area contributed by atoms with E-state index in [0.29, 0.717) is 28.7 Å². The number of rotatable bonds is 10. The highest BCUT2D eigenvalue weighted by Crippen LogP contribution is 2.58. The zero-order chi connectivity index (χ0) is 27.0. The van der Waals surface area contributed by atoms with Crippen LogP contribution >= 0.6 is 0 Å². The Hall–Kier alpha value is -3.62. The third-order valence-electron chi connectivity index (χ3n) is 8.16. The number of benzene rings is 2. The molecule has 1 saturated heterocycles. The molecular weight excluding hydrogens is 492 g/mol. The first kappa shape index (κ1) is 26.0. The Morgan fingerprint density at radius 3 is 2.24 bits per heavy atom. The number of hydrogen-bond acceptors (Lipinski definition) is 8. The van der Waals surface area contributed by atoms with Crippen molar-refractivity contribution in [3.05, 3.63) is 41.0 Å². The quantitative estimate of drug-likeness (QED) is 0.439. The number of esters is 1. The first-order valence-corrected chi connectivity index (χ1v) is 13.0. The molecule has 2 aromatic carbocycles. The summed E-state index contributed by atoms with van der Waals surface area (Å²) in [5, 5.41) is 9.82. The second kappa shape index (κ2) is 10.6. The van der Waals surface area contributed by atoms with Crippen LogP contribution in [0.3, 0.4) is 0 Å². The van der Waals surface area contributed by atoms with Gasteiger partial charge in [0, 0.05) is 18.3 Å². The van der Waals surface area contributed by atoms with E-state index in [1.54, 1.807) is 21.3 Å². The second-order valence-corrected chi connectivity index (χ2v) is 10.1. The van der Waals surface area contributed by atoms with E-state index in [-0.39, 0.29) is 49.5 Å². The molecule has 1 N–H and O–H groups in total. The molecule has 0 amide bonds. The van der Waals surface area contributed by atoms with Crippen LogP contribution in [0.4, 0.5) is 0 Å². The van der Waals surface area contributed by atoms with Crippen molar-refractivity contribution in [1.82, 2.24) is 0 Å². The Balaban J connectivity index is 1.73. The van der Waals surface area contributed by atoms with Crippen molar-refractivity contribution in [3.8, 4) is 28.7 Å². The molecule has 1 aliphatic carbocycles. The summed E-state index contributed by atoms with van der Waals surface area (Å²) < 4.78 is 34.0. The fourth-order valence-corrected chi connectivity index (χ4v) is 6.59. The number of carboxylic acids is 1. The van der Waals surface area contributed by atoms with Crippen molar-refractivity contribution in [2.75, 3.05) is 34.7 Å². The molecule has 5 atom stereocenters. The molecule has 0 saturated carbocycles. The smallest absolute Gasteiger partial charge is 0.310 e. The molecule has 9 nitrogen and oxygen atoms in total. The highest BCUT2D eigenvalue weighted by atomic mass is 16.7. The number of carbonyl (C=O) groups excluding carboxylic acids is 1. The average Bonchev–Trinajstić information content (AvgIpc) is 3.53. The first-order chi connectivity index (χ1) is 18.4. The van der Waals surface area contributed by atoms with E-state index >= 15 is 0 Å². The molecule has 1 fully saturated rings. The molecule has 3 aliphatic rings. The number of unbranched alkanes of at least 4 members (excludes halogenated alkanes) is 1. The minimum atomic E-state index is -0.845. The lowest BCUT2D eigenvalue weighted by Gasteiger charge is -2.42. The fraction of sp³-hybridized carbons (Fsp3) is 0.517. The number of carboxylic acid groups (broad SMARTS) is 1. The van der Waals surface area contributed by atoms with Gasteiger partial charge in [-0.3, -0.25) is 9.59 Å². The Bertz CT molecular complexity index is 1200. The standard InChI is InChI=1S/C29H34O9/c1-5-6-7-15(10-24(30)31)25-17-11-20-21(38-14-37-20)12-18(17)26(27-19(25)13-36-29(27)32)16-8-22(33-2)28(35-4)23(9-16)34-3/h8-9,11-12,15,19,25-27H,5-7,10,13-14H2,1-4H3,(H,30,31)/t15?,19-,25+,26-,27-/m1/s1. The average molecular weight is 527 g/mol. The van der Waals surface area contributed by atoms with E-state index in [0.717, 1.165) is 36.0 Å². The summed E-state index contributed by atoms with van der Waals surface area (Å²) in [4.78, 5) is 25.4. The maximum atomic E-state index is 13.4. The molecule has 2 heterocycles. The van der Waals surface area contributed by atoms with E-state index in [9.17, 15) is 14.7 Å². The van der Waals surface area contributed by atoms with E-state index in [1.807, 2.05) is 24.3 Å². The monoisotopic (exact) mass is 526 g/mol. The highest BCUT2D eigenvalue weighted by Gasteiger charge is 2.54. The minimum Gasteiger partial charge on any atom is -0.493 e. The van der Waals surface area contributed by atoms with Gasteiger partial charge in [0.25, 0.3) is 0 Å². The van der Waals surface area contributed by atoms with Crippen LogP contribution in [0.1, 0.15) is 61.1 Å². The Morgan fingerprint density at radius 2 is 1.66 bits per heavy atom. The molecule has 1 unspecified atom stereocenters. The van der Waals surface area contributed by atoms with Crippen molar-refractivity contribution in [2.45, 2.75) is 44.4 Å². The molecule has 38 heavy (non-hydrogen) atoms. The number of hydrogen-bond donors (Lipinski definition) is 1. The lowest BCUT2D eigenvalue weighted by Crippen LogP contribution is -2.38. The molecular formula is C29H34O9. The van der Waals surface area contributed by atoms with Crippen LogP contribution in [0, 0.1) is 17.8 Å². The number of fused-ring (bicyclic) bond motifs is 3. The van der Waals surface area contributed by atoms with Gasteiger partial charge >= 0.3 is 11.9 Å². The van der Waals surface area contributed by atoms with Gasteiger partial charge in [0.05, 0.1) is 33.9 Å². The van der Waals surface area contributed by atoms with Crippen molar-refractivity contribution in [3.63, 3.8) is 0 Å². The van der Waals surface area contributed by atoms with Gasteiger partial charge in [-0.15, -0.1) is 0 Å². The van der Waals surface area contributed by atoms with Crippen LogP contribution in [0.15, 0.2) is 24.3 Å². The van der Waals surface area contributed by atoms with E-state index in [1.165, 1.54) is 0 Å². The molecule has 0 bridgehead atoms. The number of cyclic esters (lactones) is 1. The van der Waals surface area contributed by atoms with E-state index in [2.05, 4.69) is 6.92 Å². The predicted molar refractivity (Wildman–Crippen MR) is 136 cm³/mol. The van der Waals surface area contributed by atoms with Crippen LogP contribution < -0.4 is 23.7 Å². The largest absolute Gasteiger partial charge is 0.493 e. The highest BCUT2D eigenvalue weighted by molar-refractivity contribution is 5.79. The third kappa shape index (κ3) is 4.37. The fourth-order valence-electron chi connectivity index (χ4n) is 6.59. The topological polar surface area (TPSA) is 110 Å². The summed E-state index contributed by atoms with van der Waals surface area (Å²) in [5.74, 6) is 0.112. The molecule has 0 spiro atoms. The first-order valence-electron chi connectivity index (χ1n) is 13.0. The maximum Gasteiger partial charge on any atom is 0.310 e. The van der Waals surface area contributed by atoms with Gasteiger partial charge in [0.15, 0.2) is 23.0 Å². The number of methoxy groups -OCH3 is 3. The number of ether oxygens (including phenoxy) is 6. The molecule has 2 aromatic rings. The molecule has 204 valence electrons. The molecule has 2 aliphatic heterocycles. The van der Waals surface area contributed by atoms with Crippen molar-refractivity contribution in [2.24, 2.45) is 17.8 Å². The summed E-state index contributed by atoms with van der Waals surface area (Å²) in [7, 11) is 4.66. The molecule has 0 aromatic heterocycles. The summed E-state index contributed by atoms with van der Waals surface area (Å²) in [6.45, 7) is 2.45. The van der Waals surface area contributed by atoms with Gasteiger partial charge in [-0.1, -0.05) is 19.8 Å². The number of carbonyl (C=O) groups is 2. The Morgan fingerprint density at radius 1 is 1.00 bits per heavy atom. The Labute approximate surface area is 221 Å². The van der Waals surface area contributed by atoms with Gasteiger partial charge in [-0.25, -0.2) is 0 Å². The normalized spacial score (nSPS) is 23.7. The lowest BCUT2D eigenvalue weighted by molar-refractivity contribution is -0.141.